The van der Waals surface area contributed by atoms with Crippen LogP contribution in [0.25, 0.3) is 0 Å². The van der Waals surface area contributed by atoms with Gasteiger partial charge in [-0.05, 0) is 42.9 Å². The van der Waals surface area contributed by atoms with E-state index < -0.39 is 17.4 Å². The fourth-order valence-electron chi connectivity index (χ4n) is 4.97. The number of hydrogen-bond acceptors (Lipinski definition) is 4. The molecule has 2 N–H and O–H groups in total. The van der Waals surface area contributed by atoms with Crippen molar-refractivity contribution in [2.45, 2.75) is 38.3 Å². The van der Waals surface area contributed by atoms with Crippen molar-refractivity contribution in [2.75, 3.05) is 19.6 Å². The molecule has 1 aliphatic carbocycles. The third kappa shape index (κ3) is 3.41. The van der Waals surface area contributed by atoms with E-state index >= 15 is 0 Å². The fourth-order valence-corrected chi connectivity index (χ4v) is 4.97. The second-order valence-electron chi connectivity index (χ2n) is 8.29. The van der Waals surface area contributed by atoms with Crippen LogP contribution in [0.15, 0.2) is 24.3 Å². The van der Waals surface area contributed by atoms with Crippen LogP contribution in [-0.4, -0.2) is 58.5 Å². The molecule has 3 amide bonds. The minimum atomic E-state index is -0.821. The Kier molecular flexibility index (Phi) is 4.91. The number of carbonyl (C=O) groups is 3. The lowest BCUT2D eigenvalue weighted by Crippen LogP contribution is -2.48. The van der Waals surface area contributed by atoms with Crippen LogP contribution in [0.3, 0.4) is 0 Å². The monoisotopic (exact) mass is 396 g/mol. The van der Waals surface area contributed by atoms with Crippen LogP contribution in [0.5, 0.6) is 0 Å². The maximum atomic E-state index is 12.7. The van der Waals surface area contributed by atoms with Gasteiger partial charge in [0.15, 0.2) is 0 Å². The van der Waals surface area contributed by atoms with E-state index in [1.54, 1.807) is 21.9 Å². The number of hydrogen-bond donors (Lipinski definition) is 2. The number of nitrogens with zero attached hydrogens (tertiary/aromatic N) is 3. The minimum absolute atomic E-state index is 0.00193. The first-order chi connectivity index (χ1) is 13.9. The molecule has 29 heavy (non-hydrogen) atoms. The summed E-state index contributed by atoms with van der Waals surface area (Å²) in [6, 6.07) is 8.23. The Morgan fingerprint density at radius 2 is 2.03 bits per heavy atom. The summed E-state index contributed by atoms with van der Waals surface area (Å²) in [5.41, 5.74) is 0.680. The van der Waals surface area contributed by atoms with E-state index in [2.05, 4.69) is 11.4 Å². The topological polar surface area (TPSA) is 114 Å². The molecule has 8 heteroatoms. The molecule has 0 radical (unpaired) electrons. The van der Waals surface area contributed by atoms with Crippen LogP contribution in [0, 0.1) is 22.7 Å². The zero-order valence-electron chi connectivity index (χ0n) is 16.1. The van der Waals surface area contributed by atoms with Crippen LogP contribution in [0.1, 0.15) is 36.8 Å². The van der Waals surface area contributed by atoms with Crippen LogP contribution in [0.2, 0.25) is 0 Å². The number of nitrogens with one attached hydrogen (secondary N) is 1. The second-order valence-corrected chi connectivity index (χ2v) is 8.29. The summed E-state index contributed by atoms with van der Waals surface area (Å²) in [7, 11) is 0. The van der Waals surface area contributed by atoms with E-state index in [4.69, 9.17) is 5.26 Å². The lowest BCUT2D eigenvalue weighted by molar-refractivity contribution is -0.149. The molecule has 2 heterocycles. The molecule has 0 spiro atoms. The predicted molar refractivity (Wildman–Crippen MR) is 102 cm³/mol. The molecule has 4 rings (SSSR count). The summed E-state index contributed by atoms with van der Waals surface area (Å²) < 4.78 is 0. The van der Waals surface area contributed by atoms with E-state index in [-0.39, 0.29) is 24.4 Å². The van der Waals surface area contributed by atoms with Gasteiger partial charge in [0.25, 0.3) is 0 Å². The first-order valence-corrected chi connectivity index (χ1v) is 9.99. The highest BCUT2D eigenvalue weighted by molar-refractivity contribution is 5.89. The van der Waals surface area contributed by atoms with E-state index in [1.165, 1.54) is 0 Å². The summed E-state index contributed by atoms with van der Waals surface area (Å²) in [6.07, 6.45) is 2.86. The van der Waals surface area contributed by atoms with Gasteiger partial charge in [0, 0.05) is 26.2 Å². The van der Waals surface area contributed by atoms with Gasteiger partial charge in [-0.15, -0.1) is 0 Å². The molecule has 0 bridgehead atoms. The Hall–Kier alpha value is -3.08. The Morgan fingerprint density at radius 3 is 2.69 bits per heavy atom. The van der Waals surface area contributed by atoms with Crippen molar-refractivity contribution < 1.29 is 19.5 Å². The molecule has 3 fully saturated rings. The van der Waals surface area contributed by atoms with Gasteiger partial charge in [0.1, 0.15) is 6.04 Å². The lowest BCUT2D eigenvalue weighted by Gasteiger charge is -2.24. The lowest BCUT2D eigenvalue weighted by atomic mass is 9.81. The molecular weight excluding hydrogens is 372 g/mol. The smallest absolute Gasteiger partial charge is 0.318 e. The summed E-state index contributed by atoms with van der Waals surface area (Å²) in [4.78, 5) is 40.4. The van der Waals surface area contributed by atoms with Crippen molar-refractivity contribution in [1.82, 2.24) is 15.1 Å². The Labute approximate surface area is 169 Å². The quantitative estimate of drug-likeness (QED) is 0.802. The molecule has 8 nitrogen and oxygen atoms in total. The highest BCUT2D eigenvalue weighted by Gasteiger charge is 2.56. The van der Waals surface area contributed by atoms with Gasteiger partial charge in [-0.3, -0.25) is 9.59 Å². The van der Waals surface area contributed by atoms with Gasteiger partial charge in [-0.2, -0.15) is 5.26 Å². The predicted octanol–water partition coefficient (Wildman–Crippen LogP) is 1.56. The number of urea groups is 1. The average molecular weight is 396 g/mol. The first-order valence-electron chi connectivity index (χ1n) is 9.99. The molecule has 2 aliphatic heterocycles. The minimum Gasteiger partial charge on any atom is -0.481 e. The summed E-state index contributed by atoms with van der Waals surface area (Å²) >= 11 is 0. The van der Waals surface area contributed by atoms with E-state index in [0.717, 1.165) is 18.4 Å². The van der Waals surface area contributed by atoms with Gasteiger partial charge in [-0.1, -0.05) is 18.6 Å². The zero-order chi connectivity index (χ0) is 20.6. The molecular formula is C21H24N4O4. The van der Waals surface area contributed by atoms with Crippen molar-refractivity contribution in [2.24, 2.45) is 11.3 Å². The highest BCUT2D eigenvalue weighted by atomic mass is 16.4. The normalized spacial score (nSPS) is 28.3. The zero-order valence-corrected chi connectivity index (χ0v) is 16.1. The number of carbonyl (C=O) groups excluding carboxylic acids is 2. The highest BCUT2D eigenvalue weighted by Crippen LogP contribution is 2.48. The number of amides is 3. The number of benzene rings is 1. The van der Waals surface area contributed by atoms with Crippen molar-refractivity contribution in [3.05, 3.63) is 35.4 Å². The number of nitriles is 1. The largest absolute Gasteiger partial charge is 0.481 e. The Bertz CT molecular complexity index is 878. The van der Waals surface area contributed by atoms with Crippen molar-refractivity contribution >= 4 is 17.9 Å². The second kappa shape index (κ2) is 7.39. The molecule has 3 aliphatic rings. The summed E-state index contributed by atoms with van der Waals surface area (Å²) in [5, 5.41) is 21.4. The molecule has 3 atom stereocenters. The summed E-state index contributed by atoms with van der Waals surface area (Å²) in [5.74, 6) is -0.950. The summed E-state index contributed by atoms with van der Waals surface area (Å²) in [6.45, 7) is 1.64. The van der Waals surface area contributed by atoms with Crippen molar-refractivity contribution in [1.29, 1.82) is 5.26 Å². The molecule has 2 saturated heterocycles. The number of rotatable bonds is 4. The molecule has 152 valence electrons. The van der Waals surface area contributed by atoms with E-state index in [9.17, 15) is 19.5 Å². The van der Waals surface area contributed by atoms with Gasteiger partial charge in [0.05, 0.1) is 17.0 Å². The van der Waals surface area contributed by atoms with Gasteiger partial charge in [0.2, 0.25) is 5.91 Å². The number of fused-ring (bicyclic) bond motifs is 1. The standard InChI is InChI=1S/C21H24N4O4/c22-10-14-3-5-15(6-4-14)11-24-9-7-17(18(24)26)23-20(29)25-12-16-2-1-8-21(16,13-25)19(27)28/h3-6,16-17H,1-2,7-9,11-13H2,(H,23,29)(H,27,28)/t16-,17?,21+/m0/s1. The maximum absolute atomic E-state index is 12.7. The molecule has 1 aromatic rings. The number of carboxylic acids is 1. The molecule has 1 saturated carbocycles. The molecule has 1 unspecified atom stereocenters. The number of likely N-dealkylation sites (tertiary alicyclic amines) is 2. The Balaban J connectivity index is 1.34. The fraction of sp³-hybridized carbons (Fsp3) is 0.524. The third-order valence-corrected chi connectivity index (χ3v) is 6.64. The maximum Gasteiger partial charge on any atom is 0.318 e. The average Bonchev–Trinajstić information content (AvgIpc) is 3.37. The third-order valence-electron chi connectivity index (χ3n) is 6.64. The van der Waals surface area contributed by atoms with E-state index in [0.29, 0.717) is 38.0 Å². The molecule has 0 aromatic heterocycles. The van der Waals surface area contributed by atoms with Crippen molar-refractivity contribution in [3.8, 4) is 6.07 Å². The number of aliphatic carboxylic acids is 1. The number of carboxylic acid groups (broad SMARTS) is 1. The van der Waals surface area contributed by atoms with Crippen LogP contribution < -0.4 is 5.32 Å². The Morgan fingerprint density at radius 1 is 1.28 bits per heavy atom. The van der Waals surface area contributed by atoms with Crippen LogP contribution >= 0.6 is 0 Å². The van der Waals surface area contributed by atoms with Gasteiger partial charge < -0.3 is 20.2 Å². The van der Waals surface area contributed by atoms with E-state index in [1.807, 2.05) is 12.1 Å². The van der Waals surface area contributed by atoms with Crippen LogP contribution in [-0.2, 0) is 16.1 Å². The van der Waals surface area contributed by atoms with Crippen LogP contribution in [0.4, 0.5) is 4.79 Å². The molecule has 1 aromatic carbocycles. The first kappa shape index (κ1) is 19.2. The SMILES string of the molecule is N#Cc1ccc(CN2CCC(NC(=O)N3C[C@@H]4CCC[C@@]4(C(=O)O)C3)C2=O)cc1. The van der Waals surface area contributed by atoms with Crippen molar-refractivity contribution in [3.63, 3.8) is 0 Å². The van der Waals surface area contributed by atoms with Gasteiger partial charge >= 0.3 is 12.0 Å². The van der Waals surface area contributed by atoms with Gasteiger partial charge in [-0.25, -0.2) is 4.79 Å².